The van der Waals surface area contributed by atoms with E-state index in [-0.39, 0.29) is 5.82 Å². The van der Waals surface area contributed by atoms with E-state index < -0.39 is 10.5 Å². The molecule has 0 amide bonds. The van der Waals surface area contributed by atoms with Gasteiger partial charge in [0.05, 0.1) is 17.9 Å². The van der Waals surface area contributed by atoms with Gasteiger partial charge in [0.25, 0.3) is 0 Å². The molecular weight excluding hydrogens is 470 g/mol. The molecule has 0 spiro atoms. The second-order valence-corrected chi connectivity index (χ2v) is 9.75. The van der Waals surface area contributed by atoms with Crippen LogP contribution in [0, 0.1) is 10.1 Å². The Labute approximate surface area is 214 Å². The number of imidazole rings is 1. The zero-order valence-corrected chi connectivity index (χ0v) is 20.5. The first-order chi connectivity index (χ1) is 18.0. The lowest BCUT2D eigenvalue weighted by molar-refractivity contribution is -0.389. The Balaban J connectivity index is 1.17. The van der Waals surface area contributed by atoms with E-state index in [1.54, 1.807) is 4.57 Å². The molecule has 0 bridgehead atoms. The van der Waals surface area contributed by atoms with E-state index in [2.05, 4.69) is 45.1 Å². The van der Waals surface area contributed by atoms with Crippen molar-refractivity contribution in [3.8, 4) is 28.5 Å². The van der Waals surface area contributed by atoms with Crippen LogP contribution < -0.4 is 9.64 Å². The molecule has 1 fully saturated rings. The number of anilines is 1. The van der Waals surface area contributed by atoms with Crippen molar-refractivity contribution in [1.29, 1.82) is 0 Å². The van der Waals surface area contributed by atoms with Crippen LogP contribution >= 0.6 is 0 Å². The highest BCUT2D eigenvalue weighted by atomic mass is 16.6. The molecule has 6 rings (SSSR count). The van der Waals surface area contributed by atoms with E-state index in [9.17, 15) is 10.1 Å². The summed E-state index contributed by atoms with van der Waals surface area (Å²) in [7, 11) is 0. The van der Waals surface area contributed by atoms with Crippen LogP contribution in [0.4, 0.5) is 11.8 Å². The molecule has 2 aromatic carbocycles. The molecule has 0 aliphatic carbocycles. The van der Waals surface area contributed by atoms with Crippen LogP contribution in [-0.2, 0) is 6.54 Å². The van der Waals surface area contributed by atoms with Crippen LogP contribution in [0.3, 0.4) is 0 Å². The Kier molecular flexibility index (Phi) is 5.80. The summed E-state index contributed by atoms with van der Waals surface area (Å²) in [5.41, 5.74) is 3.45. The number of aromatic nitrogens is 4. The van der Waals surface area contributed by atoms with Crippen LogP contribution in [0.25, 0.3) is 22.5 Å². The second-order valence-electron chi connectivity index (χ2n) is 9.75. The van der Waals surface area contributed by atoms with E-state index in [4.69, 9.17) is 14.7 Å². The number of rotatable bonds is 6. The van der Waals surface area contributed by atoms with Crippen LogP contribution in [0.1, 0.15) is 6.92 Å². The minimum Gasteiger partial charge on any atom is -0.436 e. The SMILES string of the molecule is CC1(CN2CCN(c3nc(-c4ccccc4)cc(-c4ccccc4)n3)CC2)Cn2cc([N+](=O)[O-])nc2O1. The van der Waals surface area contributed by atoms with Crippen LogP contribution in [0.15, 0.2) is 72.9 Å². The molecule has 2 aliphatic rings. The third-order valence-corrected chi connectivity index (χ3v) is 6.82. The molecule has 2 aromatic heterocycles. The van der Waals surface area contributed by atoms with Crippen molar-refractivity contribution < 1.29 is 9.66 Å². The zero-order chi connectivity index (χ0) is 25.4. The predicted octanol–water partition coefficient (Wildman–Crippen LogP) is 3.89. The quantitative estimate of drug-likeness (QED) is 0.292. The van der Waals surface area contributed by atoms with Gasteiger partial charge in [-0.3, -0.25) is 9.47 Å². The molecule has 1 atom stereocenters. The lowest BCUT2D eigenvalue weighted by Gasteiger charge is -2.38. The third-order valence-electron chi connectivity index (χ3n) is 6.82. The van der Waals surface area contributed by atoms with Crippen LogP contribution in [0.5, 0.6) is 6.01 Å². The van der Waals surface area contributed by atoms with E-state index in [0.717, 1.165) is 54.6 Å². The number of nitrogens with zero attached hydrogens (tertiary/aromatic N) is 7. The van der Waals surface area contributed by atoms with E-state index in [1.807, 2.05) is 43.3 Å². The number of hydrogen-bond donors (Lipinski definition) is 0. The maximum absolute atomic E-state index is 11.0. The van der Waals surface area contributed by atoms with Gasteiger partial charge in [-0.25, -0.2) is 9.97 Å². The summed E-state index contributed by atoms with van der Waals surface area (Å²) >= 11 is 0. The fraction of sp³-hybridized carbons (Fsp3) is 0.296. The monoisotopic (exact) mass is 497 g/mol. The summed E-state index contributed by atoms with van der Waals surface area (Å²) in [6.07, 6.45) is 1.44. The predicted molar refractivity (Wildman–Crippen MR) is 139 cm³/mol. The van der Waals surface area contributed by atoms with Gasteiger partial charge < -0.3 is 19.8 Å². The summed E-state index contributed by atoms with van der Waals surface area (Å²) in [6, 6.07) is 22.7. The molecular formula is C27H27N7O3. The average Bonchev–Trinajstić information content (AvgIpc) is 3.45. The Morgan fingerprint density at radius 2 is 1.51 bits per heavy atom. The topological polar surface area (TPSA) is 102 Å². The van der Waals surface area contributed by atoms with Crippen molar-refractivity contribution in [2.45, 2.75) is 19.1 Å². The van der Waals surface area contributed by atoms with Crippen molar-refractivity contribution in [3.63, 3.8) is 0 Å². The van der Waals surface area contributed by atoms with E-state index in [1.165, 1.54) is 6.20 Å². The Morgan fingerprint density at radius 1 is 0.919 bits per heavy atom. The molecule has 0 N–H and O–H groups in total. The zero-order valence-electron chi connectivity index (χ0n) is 20.5. The van der Waals surface area contributed by atoms with Crippen molar-refractivity contribution >= 4 is 11.8 Å². The van der Waals surface area contributed by atoms with E-state index >= 15 is 0 Å². The molecule has 4 heterocycles. The molecule has 4 aromatic rings. The number of hydrogen-bond acceptors (Lipinski definition) is 8. The summed E-state index contributed by atoms with van der Waals surface area (Å²) in [5.74, 6) is 0.550. The average molecular weight is 498 g/mol. The molecule has 1 saturated heterocycles. The van der Waals surface area contributed by atoms with Crippen LogP contribution in [-0.4, -0.2) is 67.7 Å². The van der Waals surface area contributed by atoms with Gasteiger partial charge in [0, 0.05) is 48.8 Å². The van der Waals surface area contributed by atoms with Gasteiger partial charge >= 0.3 is 11.8 Å². The maximum atomic E-state index is 11.0. The van der Waals surface area contributed by atoms with Gasteiger partial charge in [0.1, 0.15) is 11.8 Å². The maximum Gasteiger partial charge on any atom is 0.415 e. The first-order valence-electron chi connectivity index (χ1n) is 12.3. The third kappa shape index (κ3) is 4.75. The second kappa shape index (κ2) is 9.29. The number of fused-ring (bicyclic) bond motifs is 1. The molecule has 0 saturated carbocycles. The molecule has 1 unspecified atom stereocenters. The van der Waals surface area contributed by atoms with Gasteiger partial charge in [-0.1, -0.05) is 60.7 Å². The van der Waals surface area contributed by atoms with Gasteiger partial charge in [0.2, 0.25) is 5.95 Å². The first kappa shape index (κ1) is 23.1. The van der Waals surface area contributed by atoms with Gasteiger partial charge in [0.15, 0.2) is 0 Å². The van der Waals surface area contributed by atoms with Crippen molar-refractivity contribution in [2.24, 2.45) is 0 Å². The highest BCUT2D eigenvalue weighted by molar-refractivity contribution is 5.69. The summed E-state index contributed by atoms with van der Waals surface area (Å²) in [4.78, 5) is 29.0. The lowest BCUT2D eigenvalue weighted by Crippen LogP contribution is -2.53. The molecule has 10 heteroatoms. The van der Waals surface area contributed by atoms with Gasteiger partial charge in [-0.15, -0.1) is 0 Å². The van der Waals surface area contributed by atoms with Crippen molar-refractivity contribution in [2.75, 3.05) is 37.6 Å². The minimum absolute atomic E-state index is 0.182. The van der Waals surface area contributed by atoms with E-state index in [0.29, 0.717) is 19.1 Å². The minimum atomic E-state index is -0.497. The smallest absolute Gasteiger partial charge is 0.415 e. The fourth-order valence-electron chi connectivity index (χ4n) is 5.03. The van der Waals surface area contributed by atoms with Gasteiger partial charge in [-0.05, 0) is 17.9 Å². The van der Waals surface area contributed by atoms with Crippen molar-refractivity contribution in [1.82, 2.24) is 24.4 Å². The number of piperazine rings is 1. The molecule has 10 nitrogen and oxygen atoms in total. The molecule has 2 aliphatic heterocycles. The summed E-state index contributed by atoms with van der Waals surface area (Å²) in [6.45, 7) is 6.52. The largest absolute Gasteiger partial charge is 0.436 e. The van der Waals surface area contributed by atoms with Crippen molar-refractivity contribution in [3.05, 3.63) is 83.0 Å². The molecule has 188 valence electrons. The fourth-order valence-corrected chi connectivity index (χ4v) is 5.03. The molecule has 0 radical (unpaired) electrons. The summed E-state index contributed by atoms with van der Waals surface area (Å²) in [5, 5.41) is 11.0. The Morgan fingerprint density at radius 3 is 2.05 bits per heavy atom. The highest BCUT2D eigenvalue weighted by Crippen LogP contribution is 2.32. The normalized spacial score (nSPS) is 19.4. The Bertz CT molecular complexity index is 1340. The number of ether oxygens (including phenoxy) is 1. The number of nitro groups is 1. The van der Waals surface area contributed by atoms with Crippen LogP contribution in [0.2, 0.25) is 0 Å². The number of benzene rings is 2. The van der Waals surface area contributed by atoms with Gasteiger partial charge in [-0.2, -0.15) is 0 Å². The summed E-state index contributed by atoms with van der Waals surface area (Å²) < 4.78 is 7.76. The first-order valence-corrected chi connectivity index (χ1v) is 12.3. The highest BCUT2D eigenvalue weighted by Gasteiger charge is 2.42. The standard InChI is InChI=1S/C27H27N7O3/c1-27(19-33-17-24(34(35)36)30-26(33)37-27)18-31-12-14-32(15-13-31)25-28-22(20-8-4-2-5-9-20)16-23(29-25)21-10-6-3-7-11-21/h2-11,16-17H,12-15,18-19H2,1H3. The lowest BCUT2D eigenvalue weighted by atomic mass is 10.1. The Hall–Kier alpha value is -4.31. The molecule has 37 heavy (non-hydrogen) atoms.